The van der Waals surface area contributed by atoms with Crippen LogP contribution in [0.15, 0.2) is 53.6 Å². The summed E-state index contributed by atoms with van der Waals surface area (Å²) < 4.78 is 1.78. The van der Waals surface area contributed by atoms with E-state index < -0.39 is 5.24 Å². The predicted molar refractivity (Wildman–Crippen MR) is 62.2 cm³/mol. The maximum absolute atomic E-state index is 10.9. The summed E-state index contributed by atoms with van der Waals surface area (Å²) in [7, 11) is 0. The van der Waals surface area contributed by atoms with E-state index in [1.807, 2.05) is 0 Å². The van der Waals surface area contributed by atoms with Gasteiger partial charge in [-0.3, -0.25) is 9.59 Å². The fourth-order valence-electron chi connectivity index (χ4n) is 1.35. The molecule has 4 heteroatoms. The number of hydrogen-bond donors (Lipinski definition) is 0. The van der Waals surface area contributed by atoms with Gasteiger partial charge in [-0.05, 0) is 35.9 Å². The van der Waals surface area contributed by atoms with Crippen LogP contribution < -0.4 is 5.43 Å². The van der Waals surface area contributed by atoms with Crippen molar-refractivity contribution in [2.24, 2.45) is 0 Å². The molecule has 0 aliphatic rings. The zero-order chi connectivity index (χ0) is 11.5. The van der Waals surface area contributed by atoms with Crippen LogP contribution in [0.5, 0.6) is 0 Å². The number of nitrogens with zero attached hydrogens (tertiary/aromatic N) is 1. The third kappa shape index (κ3) is 2.20. The van der Waals surface area contributed by atoms with E-state index in [-0.39, 0.29) is 5.43 Å². The first-order valence-corrected chi connectivity index (χ1v) is 5.03. The number of pyridine rings is 1. The Morgan fingerprint density at radius 1 is 1.00 bits per heavy atom. The Morgan fingerprint density at radius 3 is 2.06 bits per heavy atom. The highest BCUT2D eigenvalue weighted by atomic mass is 35.5. The predicted octanol–water partition coefficient (Wildman–Crippen LogP) is 2.22. The number of hydrogen-bond acceptors (Lipinski definition) is 2. The lowest BCUT2D eigenvalue weighted by Gasteiger charge is -2.05. The highest BCUT2D eigenvalue weighted by Crippen LogP contribution is 2.10. The topological polar surface area (TPSA) is 39.1 Å². The van der Waals surface area contributed by atoms with Crippen LogP contribution in [0.4, 0.5) is 0 Å². The van der Waals surface area contributed by atoms with Gasteiger partial charge in [0.2, 0.25) is 0 Å². The smallest absolute Gasteiger partial charge is 0.252 e. The Morgan fingerprint density at radius 2 is 1.56 bits per heavy atom. The summed E-state index contributed by atoms with van der Waals surface area (Å²) in [6.45, 7) is 0. The maximum atomic E-state index is 10.9. The first kappa shape index (κ1) is 10.6. The van der Waals surface area contributed by atoms with E-state index in [2.05, 4.69) is 0 Å². The molecule has 0 N–H and O–H groups in total. The fourth-order valence-corrected chi connectivity index (χ4v) is 1.48. The molecule has 3 nitrogen and oxygen atoms in total. The van der Waals surface area contributed by atoms with E-state index >= 15 is 0 Å². The van der Waals surface area contributed by atoms with Gasteiger partial charge in [-0.15, -0.1) is 0 Å². The first-order chi connectivity index (χ1) is 7.66. The number of halogens is 1. The number of rotatable bonds is 2. The van der Waals surface area contributed by atoms with E-state index in [4.69, 9.17) is 11.6 Å². The molecule has 80 valence electrons. The van der Waals surface area contributed by atoms with Crippen molar-refractivity contribution < 1.29 is 4.79 Å². The van der Waals surface area contributed by atoms with Gasteiger partial charge in [0.25, 0.3) is 5.24 Å². The molecule has 1 aromatic heterocycles. The quantitative estimate of drug-likeness (QED) is 0.746. The average Bonchev–Trinajstić information content (AvgIpc) is 2.30. The van der Waals surface area contributed by atoms with Gasteiger partial charge in [0, 0.05) is 35.8 Å². The van der Waals surface area contributed by atoms with E-state index in [9.17, 15) is 9.59 Å². The van der Waals surface area contributed by atoms with E-state index in [0.29, 0.717) is 5.56 Å². The largest absolute Gasteiger partial charge is 0.324 e. The normalized spacial score (nSPS) is 10.1. The zero-order valence-corrected chi connectivity index (χ0v) is 9.02. The molecule has 0 bridgehead atoms. The Balaban J connectivity index is 2.38. The minimum Gasteiger partial charge on any atom is -0.324 e. The second-order valence-corrected chi connectivity index (χ2v) is 3.60. The third-order valence-electron chi connectivity index (χ3n) is 2.19. The molecule has 1 heterocycles. The van der Waals surface area contributed by atoms with Crippen molar-refractivity contribution in [2.45, 2.75) is 0 Å². The van der Waals surface area contributed by atoms with Crippen molar-refractivity contribution in [3.8, 4) is 5.69 Å². The molecule has 1 aromatic carbocycles. The van der Waals surface area contributed by atoms with Gasteiger partial charge in [-0.25, -0.2) is 0 Å². The van der Waals surface area contributed by atoms with Gasteiger partial charge in [0.15, 0.2) is 5.43 Å². The van der Waals surface area contributed by atoms with Gasteiger partial charge >= 0.3 is 0 Å². The Kier molecular flexibility index (Phi) is 2.88. The standard InChI is InChI=1S/C12H8ClNO2/c13-12(16)9-1-3-10(4-2-9)14-7-5-11(15)6-8-14/h1-8H. The molecule has 0 aliphatic heterocycles. The summed E-state index contributed by atoms with van der Waals surface area (Å²) in [5.41, 5.74) is 1.27. The van der Waals surface area contributed by atoms with Crippen LogP contribution in [0.3, 0.4) is 0 Å². The molecule has 2 rings (SSSR count). The summed E-state index contributed by atoms with van der Waals surface area (Å²) in [5.74, 6) is 0. The lowest BCUT2D eigenvalue weighted by atomic mass is 10.2. The molecule has 0 spiro atoms. The van der Waals surface area contributed by atoms with Crippen LogP contribution in [-0.2, 0) is 0 Å². The van der Waals surface area contributed by atoms with Gasteiger partial charge in [0.05, 0.1) is 0 Å². The summed E-state index contributed by atoms with van der Waals surface area (Å²) >= 11 is 5.34. The van der Waals surface area contributed by atoms with E-state index in [1.54, 1.807) is 41.2 Å². The number of carbonyl (C=O) groups excluding carboxylic acids is 1. The summed E-state index contributed by atoms with van der Waals surface area (Å²) in [6.07, 6.45) is 3.33. The molecular weight excluding hydrogens is 226 g/mol. The second-order valence-electron chi connectivity index (χ2n) is 3.26. The van der Waals surface area contributed by atoms with E-state index in [0.717, 1.165) is 5.69 Å². The van der Waals surface area contributed by atoms with Crippen molar-refractivity contribution in [2.75, 3.05) is 0 Å². The molecule has 2 aromatic rings. The van der Waals surface area contributed by atoms with Crippen LogP contribution in [0.2, 0.25) is 0 Å². The number of carbonyl (C=O) groups is 1. The number of aromatic nitrogens is 1. The van der Waals surface area contributed by atoms with Crippen molar-refractivity contribution in [1.29, 1.82) is 0 Å². The van der Waals surface area contributed by atoms with Crippen LogP contribution in [0.25, 0.3) is 5.69 Å². The lowest BCUT2D eigenvalue weighted by molar-refractivity contribution is 0.108. The Labute approximate surface area is 96.9 Å². The maximum Gasteiger partial charge on any atom is 0.252 e. The molecule has 0 amide bonds. The number of benzene rings is 1. The fraction of sp³-hybridized carbons (Fsp3) is 0. The van der Waals surface area contributed by atoms with Crippen LogP contribution in [-0.4, -0.2) is 9.81 Å². The van der Waals surface area contributed by atoms with Crippen molar-refractivity contribution in [1.82, 2.24) is 4.57 Å². The molecule has 0 aliphatic carbocycles. The Hall–Kier alpha value is -1.87. The van der Waals surface area contributed by atoms with Gasteiger partial charge in [-0.1, -0.05) is 0 Å². The molecular formula is C12H8ClNO2. The summed E-state index contributed by atoms with van der Waals surface area (Å²) in [5, 5.41) is -0.480. The van der Waals surface area contributed by atoms with Gasteiger partial charge in [-0.2, -0.15) is 0 Å². The lowest BCUT2D eigenvalue weighted by Crippen LogP contribution is -2.01. The third-order valence-corrected chi connectivity index (χ3v) is 2.41. The van der Waals surface area contributed by atoms with E-state index in [1.165, 1.54) is 12.1 Å². The van der Waals surface area contributed by atoms with Crippen LogP contribution >= 0.6 is 11.6 Å². The summed E-state index contributed by atoms with van der Waals surface area (Å²) in [6, 6.07) is 9.76. The minimum absolute atomic E-state index is 0.0381. The SMILES string of the molecule is O=C(Cl)c1ccc(-n2ccc(=O)cc2)cc1. The minimum atomic E-state index is -0.480. The average molecular weight is 234 g/mol. The van der Waals surface area contributed by atoms with Crippen molar-refractivity contribution in [3.05, 3.63) is 64.6 Å². The molecule has 0 radical (unpaired) electrons. The Bertz CT molecular complexity index is 552. The molecule has 0 fully saturated rings. The van der Waals surface area contributed by atoms with Crippen molar-refractivity contribution >= 4 is 16.8 Å². The van der Waals surface area contributed by atoms with Gasteiger partial charge in [0.1, 0.15) is 0 Å². The molecule has 0 saturated carbocycles. The van der Waals surface area contributed by atoms with Crippen molar-refractivity contribution in [3.63, 3.8) is 0 Å². The summed E-state index contributed by atoms with van der Waals surface area (Å²) in [4.78, 5) is 21.8. The zero-order valence-electron chi connectivity index (χ0n) is 8.26. The second kappa shape index (κ2) is 4.33. The first-order valence-electron chi connectivity index (χ1n) is 4.65. The molecule has 0 atom stereocenters. The van der Waals surface area contributed by atoms with Gasteiger partial charge < -0.3 is 4.57 Å². The molecule has 0 saturated heterocycles. The van der Waals surface area contributed by atoms with Crippen LogP contribution in [0.1, 0.15) is 10.4 Å². The monoisotopic (exact) mass is 233 g/mol. The molecule has 0 unspecified atom stereocenters. The van der Waals surface area contributed by atoms with Crippen LogP contribution in [0, 0.1) is 0 Å². The molecule has 16 heavy (non-hydrogen) atoms. The highest BCUT2D eigenvalue weighted by molar-refractivity contribution is 6.67. The highest BCUT2D eigenvalue weighted by Gasteiger charge is 2.01.